The third-order valence-corrected chi connectivity index (χ3v) is 12.6. The van der Waals surface area contributed by atoms with E-state index in [0.717, 1.165) is 33.9 Å². The second-order valence-corrected chi connectivity index (χ2v) is 16.5. The highest BCUT2D eigenvalue weighted by atomic mass is 28.3. The molecule has 0 aliphatic carbocycles. The van der Waals surface area contributed by atoms with Crippen molar-refractivity contribution in [1.29, 1.82) is 0 Å². The Labute approximate surface area is 265 Å². The van der Waals surface area contributed by atoms with Crippen LogP contribution in [0.4, 0.5) is 0 Å². The molecule has 3 heteroatoms. The molecule has 1 aliphatic rings. The fourth-order valence-electron chi connectivity index (χ4n) is 6.76. The fraction of sp³-hybridized carbons (Fsp3) is 0.0476. The van der Waals surface area contributed by atoms with Crippen molar-refractivity contribution < 1.29 is 0 Å². The van der Waals surface area contributed by atoms with Crippen molar-refractivity contribution >= 4 is 18.4 Å². The van der Waals surface area contributed by atoms with E-state index >= 15 is 0 Å². The lowest BCUT2D eigenvalue weighted by Gasteiger charge is -2.22. The molecule has 0 unspecified atom stereocenters. The molecule has 0 atom stereocenters. The normalized spacial score (nSPS) is 12.8. The molecule has 0 bridgehead atoms. The quantitative estimate of drug-likeness (QED) is 0.186. The minimum Gasteiger partial charge on any atom is -0.228 e. The first kappa shape index (κ1) is 27.2. The average Bonchev–Trinajstić information content (AvgIpc) is 3.35. The van der Waals surface area contributed by atoms with E-state index in [4.69, 9.17) is 9.97 Å². The van der Waals surface area contributed by atoms with Crippen molar-refractivity contribution in [3.8, 4) is 67.3 Å². The number of rotatable bonds is 5. The predicted molar refractivity (Wildman–Crippen MR) is 191 cm³/mol. The van der Waals surface area contributed by atoms with Crippen LogP contribution in [0.5, 0.6) is 0 Å². The molecule has 45 heavy (non-hydrogen) atoms. The van der Waals surface area contributed by atoms with Gasteiger partial charge < -0.3 is 0 Å². The number of nitrogens with zero attached hydrogens (tertiary/aromatic N) is 2. The van der Waals surface area contributed by atoms with E-state index in [9.17, 15) is 0 Å². The Bertz CT molecular complexity index is 2170. The van der Waals surface area contributed by atoms with E-state index in [2.05, 4.69) is 171 Å². The van der Waals surface area contributed by atoms with Gasteiger partial charge in [-0.25, -0.2) is 9.97 Å². The highest BCUT2D eigenvalue weighted by molar-refractivity contribution is 7.04. The molecule has 0 saturated heterocycles. The zero-order valence-corrected chi connectivity index (χ0v) is 26.4. The van der Waals surface area contributed by atoms with Gasteiger partial charge in [0.1, 0.15) is 8.07 Å². The van der Waals surface area contributed by atoms with Gasteiger partial charge in [-0.15, -0.1) is 0 Å². The van der Waals surface area contributed by atoms with Crippen molar-refractivity contribution in [3.63, 3.8) is 0 Å². The minimum atomic E-state index is -2.05. The Morgan fingerprint density at radius 3 is 1.49 bits per heavy atom. The monoisotopic (exact) mass is 592 g/mol. The zero-order valence-electron chi connectivity index (χ0n) is 25.4. The Morgan fingerprint density at radius 2 is 0.822 bits per heavy atom. The number of fused-ring (bicyclic) bond motifs is 3. The molecule has 1 aromatic heterocycles. The Balaban J connectivity index is 1.27. The summed E-state index contributed by atoms with van der Waals surface area (Å²) in [6, 6.07) is 56.2. The molecule has 0 N–H and O–H groups in total. The van der Waals surface area contributed by atoms with Crippen molar-refractivity contribution in [2.45, 2.75) is 13.1 Å². The summed E-state index contributed by atoms with van der Waals surface area (Å²) >= 11 is 0. The molecule has 7 aromatic rings. The summed E-state index contributed by atoms with van der Waals surface area (Å²) in [4.78, 5) is 10.7. The molecular weight excluding hydrogens is 561 g/mol. The number of hydrogen-bond donors (Lipinski definition) is 0. The van der Waals surface area contributed by atoms with Crippen LogP contribution in [-0.4, -0.2) is 18.0 Å². The molecule has 1 aliphatic heterocycles. The van der Waals surface area contributed by atoms with E-state index in [1.807, 2.05) is 0 Å². The molecule has 0 radical (unpaired) electrons. The Hall–Kier alpha value is -5.38. The molecule has 6 aromatic carbocycles. The van der Waals surface area contributed by atoms with E-state index in [1.165, 1.54) is 43.8 Å². The largest absolute Gasteiger partial charge is 0.228 e. The van der Waals surface area contributed by atoms with Gasteiger partial charge in [-0.2, -0.15) is 0 Å². The third-order valence-electron chi connectivity index (χ3n) is 9.08. The SMILES string of the molecule is C[Si]1(C)c2ccccc2-c2nc(-c3cccc(-c4ccc(-c5ccccc5)cc4)c3)nc(-c3cccc(-c4ccccc4)c3)c21. The molecule has 2 heterocycles. The summed E-state index contributed by atoms with van der Waals surface area (Å²) in [5, 5.41) is 2.75. The first-order valence-electron chi connectivity index (χ1n) is 15.5. The van der Waals surface area contributed by atoms with E-state index in [0.29, 0.717) is 0 Å². The number of aromatic nitrogens is 2. The highest BCUT2D eigenvalue weighted by Gasteiger charge is 2.41. The second-order valence-electron chi connectivity index (χ2n) is 12.3. The third kappa shape index (κ3) is 4.82. The molecule has 2 nitrogen and oxygen atoms in total. The zero-order chi connectivity index (χ0) is 30.4. The van der Waals surface area contributed by atoms with Gasteiger partial charge in [-0.05, 0) is 61.5 Å². The van der Waals surface area contributed by atoms with Crippen molar-refractivity contribution in [1.82, 2.24) is 9.97 Å². The summed E-state index contributed by atoms with van der Waals surface area (Å²) in [6.07, 6.45) is 0. The standard InChI is InChI=1S/C42H32N2Si/c1-45(2)38-22-10-9-21-37(38)40-41(45)39(35-19-11-17-33(27-35)30-15-7-4-8-16-30)43-42(44-40)36-20-12-18-34(28-36)32-25-23-31(24-26-32)29-13-5-3-6-14-29/h3-28H,1-2H3. The van der Waals surface area contributed by atoms with Crippen LogP contribution < -0.4 is 10.4 Å². The summed E-state index contributed by atoms with van der Waals surface area (Å²) in [5.74, 6) is 0.762. The molecular formula is C42H32N2Si. The van der Waals surface area contributed by atoms with Crippen molar-refractivity contribution in [2.24, 2.45) is 0 Å². The van der Waals surface area contributed by atoms with Crippen LogP contribution in [0.1, 0.15) is 0 Å². The molecule has 0 saturated carbocycles. The van der Waals surface area contributed by atoms with E-state index < -0.39 is 8.07 Å². The van der Waals surface area contributed by atoms with Gasteiger partial charge in [0.15, 0.2) is 5.82 Å². The molecule has 0 spiro atoms. The topological polar surface area (TPSA) is 25.8 Å². The van der Waals surface area contributed by atoms with Crippen LogP contribution in [0, 0.1) is 0 Å². The predicted octanol–water partition coefficient (Wildman–Crippen LogP) is 9.61. The van der Waals surface area contributed by atoms with Crippen LogP contribution in [0.25, 0.3) is 67.3 Å². The highest BCUT2D eigenvalue weighted by Crippen LogP contribution is 2.35. The van der Waals surface area contributed by atoms with Gasteiger partial charge in [0.05, 0.1) is 11.4 Å². The summed E-state index contributed by atoms with van der Waals surface area (Å²) < 4.78 is 0. The maximum Gasteiger partial charge on any atom is 0.160 e. The Kier molecular flexibility index (Phi) is 6.62. The molecule has 0 amide bonds. The fourth-order valence-corrected chi connectivity index (χ4v) is 9.99. The maximum absolute atomic E-state index is 5.41. The number of hydrogen-bond acceptors (Lipinski definition) is 2. The minimum absolute atomic E-state index is 0.762. The van der Waals surface area contributed by atoms with E-state index in [1.54, 1.807) is 0 Å². The Morgan fingerprint density at radius 1 is 0.378 bits per heavy atom. The van der Waals surface area contributed by atoms with E-state index in [-0.39, 0.29) is 0 Å². The van der Waals surface area contributed by atoms with Gasteiger partial charge in [-0.1, -0.05) is 159 Å². The van der Waals surface area contributed by atoms with Crippen molar-refractivity contribution in [2.75, 3.05) is 0 Å². The summed E-state index contributed by atoms with van der Waals surface area (Å²) in [6.45, 7) is 4.87. The van der Waals surface area contributed by atoms with Gasteiger partial charge in [-0.3, -0.25) is 0 Å². The smallest absolute Gasteiger partial charge is 0.160 e. The maximum atomic E-state index is 5.41. The van der Waals surface area contributed by atoms with Crippen LogP contribution in [0.2, 0.25) is 13.1 Å². The molecule has 8 rings (SSSR count). The second kappa shape index (κ2) is 11.0. The van der Waals surface area contributed by atoms with Gasteiger partial charge in [0, 0.05) is 11.1 Å². The van der Waals surface area contributed by atoms with Gasteiger partial charge >= 0.3 is 0 Å². The first-order chi connectivity index (χ1) is 22.1. The van der Waals surface area contributed by atoms with Gasteiger partial charge in [0.2, 0.25) is 0 Å². The lowest BCUT2D eigenvalue weighted by atomic mass is 9.98. The van der Waals surface area contributed by atoms with Crippen LogP contribution >= 0.6 is 0 Å². The van der Waals surface area contributed by atoms with Crippen molar-refractivity contribution in [3.05, 3.63) is 158 Å². The lowest BCUT2D eigenvalue weighted by Crippen LogP contribution is -2.50. The summed E-state index contributed by atoms with van der Waals surface area (Å²) in [7, 11) is -2.05. The van der Waals surface area contributed by atoms with Crippen LogP contribution in [-0.2, 0) is 0 Å². The summed E-state index contributed by atoms with van der Waals surface area (Å²) in [5.41, 5.74) is 12.7. The lowest BCUT2D eigenvalue weighted by molar-refractivity contribution is 1.20. The van der Waals surface area contributed by atoms with Gasteiger partial charge in [0.25, 0.3) is 0 Å². The van der Waals surface area contributed by atoms with Crippen LogP contribution in [0.15, 0.2) is 158 Å². The average molecular weight is 593 g/mol. The molecule has 214 valence electrons. The van der Waals surface area contributed by atoms with Crippen LogP contribution in [0.3, 0.4) is 0 Å². The first-order valence-corrected chi connectivity index (χ1v) is 18.5. The number of benzene rings is 6. The molecule has 0 fully saturated rings.